The van der Waals surface area contributed by atoms with Crippen LogP contribution in [0, 0.1) is 12.7 Å². The molecular weight excluding hydrogens is 297 g/mol. The number of aromatic nitrogens is 1. The van der Waals surface area contributed by atoms with Gasteiger partial charge in [0.15, 0.2) is 0 Å². The number of benzene rings is 1. The van der Waals surface area contributed by atoms with Crippen LogP contribution in [0.5, 0.6) is 0 Å². The highest BCUT2D eigenvalue weighted by atomic mass is 79.9. The molecule has 0 amide bonds. The van der Waals surface area contributed by atoms with Crippen LogP contribution in [-0.2, 0) is 6.42 Å². The zero-order chi connectivity index (χ0) is 13.1. The summed E-state index contributed by atoms with van der Waals surface area (Å²) in [6, 6.07) is 8.40. The van der Waals surface area contributed by atoms with E-state index in [9.17, 15) is 9.50 Å². The molecule has 1 heterocycles. The number of hydrogen-bond donors (Lipinski definition) is 1. The third-order valence-corrected chi connectivity index (χ3v) is 3.23. The summed E-state index contributed by atoms with van der Waals surface area (Å²) < 4.78 is 14.3. The van der Waals surface area contributed by atoms with Crippen LogP contribution in [0.2, 0.25) is 0 Å². The maximum atomic E-state index is 13.7. The van der Waals surface area contributed by atoms with Crippen molar-refractivity contribution >= 4 is 15.9 Å². The van der Waals surface area contributed by atoms with Gasteiger partial charge in [0.05, 0.1) is 6.10 Å². The second kappa shape index (κ2) is 5.59. The highest BCUT2D eigenvalue weighted by Crippen LogP contribution is 2.22. The van der Waals surface area contributed by atoms with Gasteiger partial charge >= 0.3 is 0 Å². The van der Waals surface area contributed by atoms with Crippen LogP contribution in [-0.4, -0.2) is 10.1 Å². The van der Waals surface area contributed by atoms with Gasteiger partial charge in [-0.15, -0.1) is 0 Å². The molecule has 4 heteroatoms. The van der Waals surface area contributed by atoms with Crippen molar-refractivity contribution in [3.8, 4) is 0 Å². The van der Waals surface area contributed by atoms with Gasteiger partial charge in [-0.25, -0.2) is 4.39 Å². The van der Waals surface area contributed by atoms with Gasteiger partial charge in [-0.05, 0) is 42.3 Å². The summed E-state index contributed by atoms with van der Waals surface area (Å²) in [5.74, 6) is -0.311. The van der Waals surface area contributed by atoms with Crippen LogP contribution in [0.15, 0.2) is 41.0 Å². The smallest absolute Gasteiger partial charge is 0.127 e. The van der Waals surface area contributed by atoms with Gasteiger partial charge in [0.2, 0.25) is 0 Å². The molecule has 2 nitrogen and oxygen atoms in total. The molecule has 1 atom stereocenters. The summed E-state index contributed by atoms with van der Waals surface area (Å²) in [7, 11) is 0. The topological polar surface area (TPSA) is 33.1 Å². The van der Waals surface area contributed by atoms with Crippen molar-refractivity contribution < 1.29 is 9.50 Å². The normalized spacial score (nSPS) is 12.4. The molecule has 0 bridgehead atoms. The Kier molecular flexibility index (Phi) is 4.09. The first-order chi connectivity index (χ1) is 8.56. The molecular formula is C14H13BrFNO. The van der Waals surface area contributed by atoms with Crippen molar-refractivity contribution in [1.82, 2.24) is 4.98 Å². The van der Waals surface area contributed by atoms with E-state index in [-0.39, 0.29) is 12.2 Å². The van der Waals surface area contributed by atoms with E-state index in [1.54, 1.807) is 30.5 Å². The number of hydrogen-bond acceptors (Lipinski definition) is 2. The average Bonchev–Trinajstić information content (AvgIpc) is 2.32. The van der Waals surface area contributed by atoms with Gasteiger partial charge in [0.1, 0.15) is 5.82 Å². The monoisotopic (exact) mass is 309 g/mol. The number of nitrogens with zero attached hydrogens (tertiary/aromatic N) is 1. The molecule has 94 valence electrons. The van der Waals surface area contributed by atoms with Crippen LogP contribution >= 0.6 is 15.9 Å². The molecule has 18 heavy (non-hydrogen) atoms. The van der Waals surface area contributed by atoms with E-state index in [1.807, 2.05) is 6.92 Å². The summed E-state index contributed by atoms with van der Waals surface area (Å²) in [4.78, 5) is 4.07. The Balaban J connectivity index is 2.18. The largest absolute Gasteiger partial charge is 0.388 e. The van der Waals surface area contributed by atoms with E-state index in [2.05, 4.69) is 20.9 Å². The molecule has 1 aromatic heterocycles. The fraction of sp³-hybridized carbons (Fsp3) is 0.214. The van der Waals surface area contributed by atoms with Gasteiger partial charge in [0, 0.05) is 22.8 Å². The van der Waals surface area contributed by atoms with Gasteiger partial charge in [-0.2, -0.15) is 0 Å². The summed E-state index contributed by atoms with van der Waals surface area (Å²) in [6.45, 7) is 1.86. The predicted octanol–water partition coefficient (Wildman–Crippen LogP) is 3.57. The van der Waals surface area contributed by atoms with E-state index in [1.165, 1.54) is 6.07 Å². The van der Waals surface area contributed by atoms with E-state index < -0.39 is 6.10 Å². The Morgan fingerprint density at radius 1 is 1.33 bits per heavy atom. The van der Waals surface area contributed by atoms with Crippen molar-refractivity contribution in [1.29, 1.82) is 0 Å². The molecule has 2 rings (SSSR count). The minimum Gasteiger partial charge on any atom is -0.388 e. The predicted molar refractivity (Wildman–Crippen MR) is 71.7 cm³/mol. The second-order valence-electron chi connectivity index (χ2n) is 4.19. The fourth-order valence-electron chi connectivity index (χ4n) is 1.79. The van der Waals surface area contributed by atoms with Crippen molar-refractivity contribution in [2.45, 2.75) is 19.4 Å². The SMILES string of the molecule is Cc1cc(C(O)Cc2ccc(Br)cc2F)ccn1. The first-order valence-electron chi connectivity index (χ1n) is 5.61. The number of pyridine rings is 1. The lowest BCUT2D eigenvalue weighted by Gasteiger charge is -2.12. The number of aliphatic hydroxyl groups is 1. The van der Waals surface area contributed by atoms with E-state index in [4.69, 9.17) is 0 Å². The van der Waals surface area contributed by atoms with E-state index in [0.29, 0.717) is 10.0 Å². The zero-order valence-corrected chi connectivity index (χ0v) is 11.5. The lowest BCUT2D eigenvalue weighted by molar-refractivity contribution is 0.177. The van der Waals surface area contributed by atoms with Crippen molar-refractivity contribution in [2.75, 3.05) is 0 Å². The highest BCUT2D eigenvalue weighted by Gasteiger charge is 2.12. The Hall–Kier alpha value is -1.26. The molecule has 0 fully saturated rings. The summed E-state index contributed by atoms with van der Waals surface area (Å²) >= 11 is 3.21. The molecule has 0 radical (unpaired) electrons. The summed E-state index contributed by atoms with van der Waals surface area (Å²) in [5.41, 5.74) is 2.09. The quantitative estimate of drug-likeness (QED) is 0.940. The molecule has 0 saturated heterocycles. The van der Waals surface area contributed by atoms with E-state index >= 15 is 0 Å². The average molecular weight is 310 g/mol. The standard InChI is InChI=1S/C14H13BrFNO/c1-9-6-11(4-5-17-9)14(18)7-10-2-3-12(15)8-13(10)16/h2-6,8,14,18H,7H2,1H3. The maximum Gasteiger partial charge on any atom is 0.127 e. The lowest BCUT2D eigenvalue weighted by atomic mass is 10.0. The zero-order valence-electron chi connectivity index (χ0n) is 9.90. The summed E-state index contributed by atoms with van der Waals surface area (Å²) in [6.07, 6.45) is 1.18. The van der Waals surface area contributed by atoms with Crippen molar-refractivity contribution in [3.05, 3.63) is 63.6 Å². The molecule has 0 aliphatic carbocycles. The Labute approximate surface area is 114 Å². The molecule has 0 spiro atoms. The lowest BCUT2D eigenvalue weighted by Crippen LogP contribution is -2.04. The molecule has 1 aromatic carbocycles. The molecule has 0 aliphatic rings. The van der Waals surface area contributed by atoms with Gasteiger partial charge in [-0.1, -0.05) is 22.0 Å². The third-order valence-electron chi connectivity index (χ3n) is 2.73. The third kappa shape index (κ3) is 3.15. The Bertz CT molecular complexity index is 559. The Morgan fingerprint density at radius 3 is 2.78 bits per heavy atom. The van der Waals surface area contributed by atoms with Crippen LogP contribution in [0.25, 0.3) is 0 Å². The number of rotatable bonds is 3. The first kappa shape index (κ1) is 13.2. The first-order valence-corrected chi connectivity index (χ1v) is 6.40. The maximum absolute atomic E-state index is 13.7. The molecule has 0 saturated carbocycles. The van der Waals surface area contributed by atoms with Gasteiger partial charge in [-0.3, -0.25) is 4.98 Å². The minimum atomic E-state index is -0.720. The Morgan fingerprint density at radius 2 is 2.11 bits per heavy atom. The van der Waals surface area contributed by atoms with Gasteiger partial charge in [0.25, 0.3) is 0 Å². The second-order valence-corrected chi connectivity index (χ2v) is 5.10. The van der Waals surface area contributed by atoms with Gasteiger partial charge < -0.3 is 5.11 Å². The summed E-state index contributed by atoms with van der Waals surface area (Å²) in [5, 5.41) is 10.1. The number of halogens is 2. The minimum absolute atomic E-state index is 0.253. The van der Waals surface area contributed by atoms with Crippen molar-refractivity contribution in [3.63, 3.8) is 0 Å². The molecule has 1 unspecified atom stereocenters. The molecule has 2 aromatic rings. The van der Waals surface area contributed by atoms with Crippen LogP contribution < -0.4 is 0 Å². The van der Waals surface area contributed by atoms with E-state index in [0.717, 1.165) is 11.3 Å². The molecule has 0 aliphatic heterocycles. The number of aryl methyl sites for hydroxylation is 1. The number of aliphatic hydroxyl groups excluding tert-OH is 1. The van der Waals surface area contributed by atoms with Crippen LogP contribution in [0.4, 0.5) is 4.39 Å². The van der Waals surface area contributed by atoms with Crippen LogP contribution in [0.3, 0.4) is 0 Å². The molecule has 1 N–H and O–H groups in total. The highest BCUT2D eigenvalue weighted by molar-refractivity contribution is 9.10. The van der Waals surface area contributed by atoms with Crippen molar-refractivity contribution in [2.24, 2.45) is 0 Å². The van der Waals surface area contributed by atoms with Crippen LogP contribution in [0.1, 0.15) is 22.9 Å². The fourth-order valence-corrected chi connectivity index (χ4v) is 2.12.